The van der Waals surface area contributed by atoms with E-state index in [9.17, 15) is 9.59 Å². The fraction of sp³-hybridized carbons (Fsp3) is 0.579. The number of hydrogen-bond acceptors (Lipinski definition) is 5. The molecule has 1 aliphatic heterocycles. The Morgan fingerprint density at radius 2 is 2.04 bits per heavy atom. The van der Waals surface area contributed by atoms with Crippen LogP contribution >= 0.6 is 0 Å². The van der Waals surface area contributed by atoms with E-state index in [1.165, 1.54) is 0 Å². The number of hydrogen-bond donors (Lipinski definition) is 3. The molecule has 0 radical (unpaired) electrons. The van der Waals surface area contributed by atoms with Gasteiger partial charge in [-0.3, -0.25) is 9.59 Å². The molecule has 1 heterocycles. The minimum atomic E-state index is -0.477. The van der Waals surface area contributed by atoms with Crippen LogP contribution in [0.5, 0.6) is 0 Å². The van der Waals surface area contributed by atoms with Gasteiger partial charge in [0.2, 0.25) is 0 Å². The molecule has 7 nitrogen and oxygen atoms in total. The van der Waals surface area contributed by atoms with Gasteiger partial charge in [0.15, 0.2) is 0 Å². The minimum Gasteiger partial charge on any atom is -0.364 e. The summed E-state index contributed by atoms with van der Waals surface area (Å²) in [4.78, 5) is 26.8. The third-order valence-corrected chi connectivity index (χ3v) is 4.66. The maximum absolute atomic E-state index is 12.3. The molecule has 0 unspecified atom stereocenters. The highest BCUT2D eigenvalue weighted by molar-refractivity contribution is 5.98. The number of carbonyl (C=O) groups excluding carboxylic acids is 2. The quantitative estimate of drug-likeness (QED) is 0.613. The van der Waals surface area contributed by atoms with Gasteiger partial charge >= 0.3 is 0 Å². The molecule has 0 saturated carbocycles. The molecule has 7 heteroatoms. The second kappa shape index (κ2) is 10.3. The van der Waals surface area contributed by atoms with Crippen molar-refractivity contribution in [2.45, 2.75) is 38.9 Å². The summed E-state index contributed by atoms with van der Waals surface area (Å²) in [6.07, 6.45) is 0.937. The Bertz CT molecular complexity index is 604. The highest BCUT2D eigenvalue weighted by atomic mass is 16.5. The number of amides is 2. The van der Waals surface area contributed by atoms with Gasteiger partial charge in [0, 0.05) is 30.9 Å². The average Bonchev–Trinajstić information content (AvgIpc) is 3.15. The minimum absolute atomic E-state index is 0.0475. The molecule has 1 fully saturated rings. The summed E-state index contributed by atoms with van der Waals surface area (Å²) in [5.74, 6) is -0.339. The zero-order valence-electron chi connectivity index (χ0n) is 15.7. The summed E-state index contributed by atoms with van der Waals surface area (Å²) in [5.41, 5.74) is 6.69. The molecule has 0 aromatic heterocycles. The predicted molar refractivity (Wildman–Crippen MR) is 102 cm³/mol. The van der Waals surface area contributed by atoms with Crippen molar-refractivity contribution in [3.05, 3.63) is 29.8 Å². The van der Waals surface area contributed by atoms with E-state index in [0.717, 1.165) is 26.1 Å². The normalized spacial score (nSPS) is 19.5. The second-order valence-corrected chi connectivity index (χ2v) is 6.41. The number of nitrogens with zero attached hydrogens (tertiary/aromatic N) is 1. The van der Waals surface area contributed by atoms with Gasteiger partial charge in [-0.15, -0.1) is 0 Å². The van der Waals surface area contributed by atoms with E-state index in [2.05, 4.69) is 29.4 Å². The maximum atomic E-state index is 12.3. The number of anilines is 1. The molecular weight excluding hydrogens is 332 g/mol. The summed E-state index contributed by atoms with van der Waals surface area (Å²) >= 11 is 0. The summed E-state index contributed by atoms with van der Waals surface area (Å²) in [5, 5.41) is 5.74. The molecule has 1 aliphatic rings. The van der Waals surface area contributed by atoms with Crippen molar-refractivity contribution < 1.29 is 14.3 Å². The van der Waals surface area contributed by atoms with Crippen LogP contribution in [-0.4, -0.2) is 61.6 Å². The Morgan fingerprint density at radius 3 is 2.69 bits per heavy atom. The number of nitrogens with two attached hydrogens (primary N) is 1. The zero-order chi connectivity index (χ0) is 18.9. The lowest BCUT2D eigenvalue weighted by atomic mass is 10.1. The molecule has 1 aromatic carbocycles. The van der Waals surface area contributed by atoms with Crippen molar-refractivity contribution in [1.82, 2.24) is 10.2 Å². The molecule has 1 saturated heterocycles. The van der Waals surface area contributed by atoms with Crippen molar-refractivity contribution in [2.75, 3.05) is 38.0 Å². The van der Waals surface area contributed by atoms with E-state index in [1.54, 1.807) is 24.3 Å². The predicted octanol–water partition coefficient (Wildman–Crippen LogP) is 1.20. The maximum Gasteiger partial charge on any atom is 0.253 e. The lowest BCUT2D eigenvalue weighted by molar-refractivity contribution is -0.126. The van der Waals surface area contributed by atoms with Crippen LogP contribution in [0.1, 0.15) is 37.0 Å². The lowest BCUT2D eigenvalue weighted by Crippen LogP contribution is -2.34. The summed E-state index contributed by atoms with van der Waals surface area (Å²) in [6.45, 7) is 7.95. The molecule has 0 aliphatic carbocycles. The van der Waals surface area contributed by atoms with Crippen LogP contribution < -0.4 is 16.4 Å². The number of carbonyl (C=O) groups is 2. The van der Waals surface area contributed by atoms with E-state index < -0.39 is 6.10 Å². The third kappa shape index (κ3) is 5.79. The van der Waals surface area contributed by atoms with Crippen LogP contribution in [0.4, 0.5) is 5.69 Å². The van der Waals surface area contributed by atoms with Crippen LogP contribution in [0.25, 0.3) is 0 Å². The second-order valence-electron chi connectivity index (χ2n) is 6.41. The summed E-state index contributed by atoms with van der Waals surface area (Å²) in [6, 6.07) is 6.94. The van der Waals surface area contributed by atoms with E-state index >= 15 is 0 Å². The first-order chi connectivity index (χ1) is 12.6. The molecule has 0 spiro atoms. The SMILES string of the molecule is CCN(CC)CCNC(=O)c1cccc(NC(=O)[C@@H]2CC[C@H](CN)O2)c1. The first-order valence-corrected chi connectivity index (χ1v) is 9.34. The van der Waals surface area contributed by atoms with Crippen LogP contribution in [0, 0.1) is 0 Å². The Kier molecular flexibility index (Phi) is 8.03. The highest BCUT2D eigenvalue weighted by Crippen LogP contribution is 2.20. The number of ether oxygens (including phenoxy) is 1. The fourth-order valence-electron chi connectivity index (χ4n) is 3.00. The van der Waals surface area contributed by atoms with E-state index in [0.29, 0.717) is 30.8 Å². The third-order valence-electron chi connectivity index (χ3n) is 4.66. The van der Waals surface area contributed by atoms with E-state index in [-0.39, 0.29) is 17.9 Å². The number of nitrogens with one attached hydrogen (secondary N) is 2. The van der Waals surface area contributed by atoms with Crippen molar-refractivity contribution in [2.24, 2.45) is 5.73 Å². The Labute approximate surface area is 155 Å². The molecule has 2 amide bonds. The molecule has 4 N–H and O–H groups in total. The van der Waals surface area contributed by atoms with Crippen molar-refractivity contribution >= 4 is 17.5 Å². The fourth-order valence-corrected chi connectivity index (χ4v) is 3.00. The molecule has 26 heavy (non-hydrogen) atoms. The van der Waals surface area contributed by atoms with E-state index in [1.807, 2.05) is 0 Å². The lowest BCUT2D eigenvalue weighted by Gasteiger charge is -2.18. The van der Waals surface area contributed by atoms with Gasteiger partial charge in [0.25, 0.3) is 11.8 Å². The van der Waals surface area contributed by atoms with Gasteiger partial charge in [-0.05, 0) is 44.1 Å². The van der Waals surface area contributed by atoms with Crippen molar-refractivity contribution in [3.63, 3.8) is 0 Å². The first kappa shape index (κ1) is 20.4. The van der Waals surface area contributed by atoms with Crippen molar-refractivity contribution in [3.8, 4) is 0 Å². The van der Waals surface area contributed by atoms with Crippen LogP contribution in [0.15, 0.2) is 24.3 Å². The summed E-state index contributed by atoms with van der Waals surface area (Å²) < 4.78 is 5.60. The topological polar surface area (TPSA) is 96.7 Å². The molecule has 2 atom stereocenters. The molecular formula is C19H30N4O3. The van der Waals surface area contributed by atoms with Gasteiger partial charge in [0.05, 0.1) is 6.10 Å². The Hall–Kier alpha value is -1.96. The molecule has 144 valence electrons. The standard InChI is InChI=1S/C19H30N4O3/c1-3-23(4-2)11-10-21-18(24)14-6-5-7-15(12-14)22-19(25)17-9-8-16(13-20)26-17/h5-7,12,16-17H,3-4,8-11,13,20H2,1-2H3,(H,21,24)(H,22,25)/t16-,17+/m1/s1. The average molecular weight is 362 g/mol. The van der Waals surface area contributed by atoms with Gasteiger partial charge in [-0.2, -0.15) is 0 Å². The van der Waals surface area contributed by atoms with Gasteiger partial charge in [-0.25, -0.2) is 0 Å². The highest BCUT2D eigenvalue weighted by Gasteiger charge is 2.29. The molecule has 0 bridgehead atoms. The van der Waals surface area contributed by atoms with Gasteiger partial charge in [0.1, 0.15) is 6.10 Å². The molecule has 2 rings (SSSR count). The van der Waals surface area contributed by atoms with Gasteiger partial charge in [-0.1, -0.05) is 19.9 Å². The Morgan fingerprint density at radius 1 is 1.27 bits per heavy atom. The zero-order valence-corrected chi connectivity index (χ0v) is 15.7. The molecule has 1 aromatic rings. The van der Waals surface area contributed by atoms with Crippen LogP contribution in [-0.2, 0) is 9.53 Å². The first-order valence-electron chi connectivity index (χ1n) is 9.34. The Balaban J connectivity index is 1.86. The van der Waals surface area contributed by atoms with Gasteiger partial charge < -0.3 is 26.0 Å². The number of rotatable bonds is 9. The van der Waals surface area contributed by atoms with Crippen molar-refractivity contribution in [1.29, 1.82) is 0 Å². The summed E-state index contributed by atoms with van der Waals surface area (Å²) in [7, 11) is 0. The number of benzene rings is 1. The smallest absolute Gasteiger partial charge is 0.253 e. The monoisotopic (exact) mass is 362 g/mol. The number of likely N-dealkylation sites (N-methyl/N-ethyl adjacent to an activating group) is 1. The van der Waals surface area contributed by atoms with Crippen LogP contribution in [0.3, 0.4) is 0 Å². The van der Waals surface area contributed by atoms with Crippen LogP contribution in [0.2, 0.25) is 0 Å². The largest absolute Gasteiger partial charge is 0.364 e. The van der Waals surface area contributed by atoms with E-state index in [4.69, 9.17) is 10.5 Å².